The van der Waals surface area contributed by atoms with E-state index >= 15 is 0 Å². The van der Waals surface area contributed by atoms with Crippen molar-refractivity contribution >= 4 is 23.2 Å². The number of nitrogens with one attached hydrogen (secondary N) is 1. The van der Waals surface area contributed by atoms with Gasteiger partial charge in [-0.2, -0.15) is 0 Å². The van der Waals surface area contributed by atoms with Crippen LogP contribution in [0.5, 0.6) is 0 Å². The van der Waals surface area contributed by atoms with E-state index in [-0.39, 0.29) is 11.9 Å². The second-order valence-corrected chi connectivity index (χ2v) is 5.72. The van der Waals surface area contributed by atoms with Gasteiger partial charge in [-0.3, -0.25) is 4.79 Å². The Morgan fingerprint density at radius 2 is 1.95 bits per heavy atom. The molecule has 21 heavy (non-hydrogen) atoms. The number of amides is 1. The first kappa shape index (κ1) is 14.1. The molecule has 3 nitrogen and oxygen atoms in total. The fourth-order valence-electron chi connectivity index (χ4n) is 2.69. The van der Waals surface area contributed by atoms with E-state index in [0.29, 0.717) is 11.4 Å². The summed E-state index contributed by atoms with van der Waals surface area (Å²) in [5.74, 6) is 0.0805. The van der Waals surface area contributed by atoms with Crippen molar-refractivity contribution in [2.75, 3.05) is 5.32 Å². The van der Waals surface area contributed by atoms with E-state index < -0.39 is 0 Å². The van der Waals surface area contributed by atoms with Gasteiger partial charge in [0.1, 0.15) is 0 Å². The molecule has 0 radical (unpaired) electrons. The van der Waals surface area contributed by atoms with Crippen LogP contribution in [0, 0.1) is 0 Å². The highest BCUT2D eigenvalue weighted by molar-refractivity contribution is 6.31. The second-order valence-electron chi connectivity index (χ2n) is 5.32. The first-order chi connectivity index (χ1) is 10.1. The van der Waals surface area contributed by atoms with Crippen LogP contribution in [0.15, 0.2) is 42.5 Å². The van der Waals surface area contributed by atoms with Crippen LogP contribution < -0.4 is 11.1 Å². The van der Waals surface area contributed by atoms with E-state index in [1.165, 1.54) is 0 Å². The smallest absolute Gasteiger partial charge is 0.224 e. The molecule has 2 aromatic rings. The molecule has 1 aliphatic heterocycles. The summed E-state index contributed by atoms with van der Waals surface area (Å²) in [5, 5.41) is 3.61. The van der Waals surface area contributed by atoms with Gasteiger partial charge in [0.05, 0.1) is 6.04 Å². The van der Waals surface area contributed by atoms with E-state index in [9.17, 15) is 4.79 Å². The number of carbonyl (C=O) groups is 1. The van der Waals surface area contributed by atoms with E-state index in [4.69, 9.17) is 17.3 Å². The first-order valence-corrected chi connectivity index (χ1v) is 7.45. The van der Waals surface area contributed by atoms with Gasteiger partial charge in [0.25, 0.3) is 0 Å². The average Bonchev–Trinajstić information content (AvgIpc) is 2.67. The fraction of sp³-hybridized carbons (Fsp3) is 0.235. The Hall–Kier alpha value is -1.84. The van der Waals surface area contributed by atoms with E-state index in [2.05, 4.69) is 11.4 Å². The zero-order valence-electron chi connectivity index (χ0n) is 11.6. The SMILES string of the molecule is NC(c1ccc2c(c1)CCCC(=O)N2)c1ccccc1Cl. The minimum Gasteiger partial charge on any atom is -0.326 e. The van der Waals surface area contributed by atoms with Gasteiger partial charge in [-0.05, 0) is 41.7 Å². The minimum atomic E-state index is -0.261. The molecule has 0 aromatic heterocycles. The lowest BCUT2D eigenvalue weighted by Gasteiger charge is -2.16. The Kier molecular flexibility index (Phi) is 3.95. The van der Waals surface area contributed by atoms with Crippen LogP contribution >= 0.6 is 11.6 Å². The summed E-state index contributed by atoms with van der Waals surface area (Å²) in [7, 11) is 0. The number of nitrogens with two attached hydrogens (primary N) is 1. The number of fused-ring (bicyclic) bond motifs is 1. The van der Waals surface area contributed by atoms with Crippen LogP contribution in [0.4, 0.5) is 5.69 Å². The van der Waals surface area contributed by atoms with Gasteiger partial charge in [0.2, 0.25) is 5.91 Å². The van der Waals surface area contributed by atoms with Gasteiger partial charge in [0, 0.05) is 17.1 Å². The lowest BCUT2D eigenvalue weighted by atomic mass is 9.96. The number of hydrogen-bond donors (Lipinski definition) is 2. The molecular formula is C17H17ClN2O. The number of aryl methyl sites for hydroxylation is 1. The molecule has 0 fully saturated rings. The maximum atomic E-state index is 11.6. The Balaban J connectivity index is 1.95. The lowest BCUT2D eigenvalue weighted by molar-refractivity contribution is -0.116. The van der Waals surface area contributed by atoms with E-state index in [1.54, 1.807) is 0 Å². The highest BCUT2D eigenvalue weighted by atomic mass is 35.5. The summed E-state index contributed by atoms with van der Waals surface area (Å²) in [5.41, 5.74) is 10.3. The predicted molar refractivity (Wildman–Crippen MR) is 85.5 cm³/mol. The van der Waals surface area contributed by atoms with Gasteiger partial charge in [-0.1, -0.05) is 41.9 Å². The number of halogens is 1. The molecule has 0 saturated heterocycles. The summed E-state index contributed by atoms with van der Waals surface area (Å²) >= 11 is 6.22. The summed E-state index contributed by atoms with van der Waals surface area (Å²) < 4.78 is 0. The number of anilines is 1. The van der Waals surface area contributed by atoms with Gasteiger partial charge in [0.15, 0.2) is 0 Å². The summed E-state index contributed by atoms with van der Waals surface area (Å²) in [6, 6.07) is 13.3. The fourth-order valence-corrected chi connectivity index (χ4v) is 2.95. The molecule has 0 saturated carbocycles. The molecule has 1 unspecified atom stereocenters. The summed E-state index contributed by atoms with van der Waals surface area (Å²) in [6.07, 6.45) is 2.32. The van der Waals surface area contributed by atoms with Crippen LogP contribution in [-0.4, -0.2) is 5.91 Å². The molecule has 0 aliphatic carbocycles. The summed E-state index contributed by atoms with van der Waals surface area (Å²) in [6.45, 7) is 0. The van der Waals surface area contributed by atoms with Crippen molar-refractivity contribution < 1.29 is 4.79 Å². The molecule has 1 amide bonds. The van der Waals surface area contributed by atoms with Crippen LogP contribution in [-0.2, 0) is 11.2 Å². The Labute approximate surface area is 129 Å². The zero-order valence-corrected chi connectivity index (χ0v) is 12.4. The maximum absolute atomic E-state index is 11.6. The number of hydrogen-bond acceptors (Lipinski definition) is 2. The van der Waals surface area contributed by atoms with Crippen LogP contribution in [0.25, 0.3) is 0 Å². The van der Waals surface area contributed by atoms with Gasteiger partial charge < -0.3 is 11.1 Å². The van der Waals surface area contributed by atoms with Crippen molar-refractivity contribution in [3.8, 4) is 0 Å². The summed E-state index contributed by atoms with van der Waals surface area (Å²) in [4.78, 5) is 11.6. The first-order valence-electron chi connectivity index (χ1n) is 7.08. The second kappa shape index (κ2) is 5.88. The van der Waals surface area contributed by atoms with Gasteiger partial charge in [-0.15, -0.1) is 0 Å². The molecule has 2 aromatic carbocycles. The van der Waals surface area contributed by atoms with Crippen LogP contribution in [0.2, 0.25) is 5.02 Å². The quantitative estimate of drug-likeness (QED) is 0.889. The number of carbonyl (C=O) groups excluding carboxylic acids is 1. The van der Waals surface area contributed by atoms with Crippen molar-refractivity contribution in [1.29, 1.82) is 0 Å². The molecule has 0 spiro atoms. The largest absolute Gasteiger partial charge is 0.326 e. The molecule has 1 aliphatic rings. The standard InChI is InChI=1S/C17H17ClN2O/c18-14-6-2-1-5-13(14)17(19)12-8-9-15-11(10-12)4-3-7-16(21)20-15/h1-2,5-6,8-10,17H,3-4,7,19H2,(H,20,21). The lowest BCUT2D eigenvalue weighted by Crippen LogP contribution is -2.13. The van der Waals surface area contributed by atoms with Crippen molar-refractivity contribution in [1.82, 2.24) is 0 Å². The number of rotatable bonds is 2. The van der Waals surface area contributed by atoms with Crippen molar-refractivity contribution in [3.63, 3.8) is 0 Å². The third-order valence-corrected chi connectivity index (χ3v) is 4.20. The third-order valence-electron chi connectivity index (χ3n) is 3.85. The molecular weight excluding hydrogens is 284 g/mol. The highest BCUT2D eigenvalue weighted by Crippen LogP contribution is 2.30. The van der Waals surface area contributed by atoms with Crippen molar-refractivity contribution in [2.45, 2.75) is 25.3 Å². The Morgan fingerprint density at radius 1 is 1.14 bits per heavy atom. The van der Waals surface area contributed by atoms with Crippen molar-refractivity contribution in [2.24, 2.45) is 5.73 Å². The average molecular weight is 301 g/mol. The van der Waals surface area contributed by atoms with E-state index in [0.717, 1.165) is 35.2 Å². The molecule has 3 rings (SSSR count). The van der Waals surface area contributed by atoms with Crippen molar-refractivity contribution in [3.05, 3.63) is 64.2 Å². The monoisotopic (exact) mass is 300 g/mol. The van der Waals surface area contributed by atoms with Gasteiger partial charge in [-0.25, -0.2) is 0 Å². The third kappa shape index (κ3) is 2.94. The topological polar surface area (TPSA) is 55.1 Å². The van der Waals surface area contributed by atoms with Gasteiger partial charge >= 0.3 is 0 Å². The minimum absolute atomic E-state index is 0.0805. The van der Waals surface area contributed by atoms with Crippen LogP contribution in [0.3, 0.4) is 0 Å². The predicted octanol–water partition coefficient (Wildman–Crippen LogP) is 3.66. The number of benzene rings is 2. The van der Waals surface area contributed by atoms with E-state index in [1.807, 2.05) is 36.4 Å². The molecule has 1 heterocycles. The molecule has 108 valence electrons. The molecule has 3 N–H and O–H groups in total. The Bertz CT molecular complexity index is 684. The molecule has 4 heteroatoms. The Morgan fingerprint density at radius 3 is 2.76 bits per heavy atom. The molecule has 0 bridgehead atoms. The normalized spacial score (nSPS) is 15.8. The van der Waals surface area contributed by atoms with Crippen LogP contribution in [0.1, 0.15) is 35.6 Å². The highest BCUT2D eigenvalue weighted by Gasteiger charge is 2.17. The maximum Gasteiger partial charge on any atom is 0.224 e. The molecule has 1 atom stereocenters. The zero-order chi connectivity index (χ0) is 14.8.